The van der Waals surface area contributed by atoms with Gasteiger partial charge in [0.1, 0.15) is 5.56 Å². The summed E-state index contributed by atoms with van der Waals surface area (Å²) in [5, 5.41) is 9.59. The van der Waals surface area contributed by atoms with E-state index in [4.69, 9.17) is 14.9 Å². The molecule has 2 aliphatic rings. The predicted octanol–water partition coefficient (Wildman–Crippen LogP) is 7.43. The molecule has 1 saturated carbocycles. The molecular formula is C41H36N4O3. The van der Waals surface area contributed by atoms with Gasteiger partial charge in [-0.1, -0.05) is 91.0 Å². The number of carbonyl (C=O) groups is 1. The number of esters is 1. The van der Waals surface area contributed by atoms with E-state index >= 15 is 0 Å². The molecule has 1 fully saturated rings. The molecule has 48 heavy (non-hydrogen) atoms. The molecule has 0 atom stereocenters. The molecule has 8 rings (SSSR count). The first kappa shape index (κ1) is 30.0. The number of hydrogen-bond acceptors (Lipinski definition) is 6. The van der Waals surface area contributed by atoms with Gasteiger partial charge in [-0.15, -0.1) is 0 Å². The van der Waals surface area contributed by atoms with E-state index in [2.05, 4.69) is 102 Å². The molecule has 3 aromatic carbocycles. The van der Waals surface area contributed by atoms with E-state index in [1.165, 1.54) is 16.7 Å². The number of fused-ring (bicyclic) bond motifs is 2. The third-order valence-corrected chi connectivity index (χ3v) is 9.91. The zero-order valence-corrected chi connectivity index (χ0v) is 27.1. The molecule has 6 aromatic rings. The summed E-state index contributed by atoms with van der Waals surface area (Å²) < 4.78 is 6.83. The van der Waals surface area contributed by atoms with Crippen molar-refractivity contribution in [2.24, 2.45) is 0 Å². The second kappa shape index (κ2) is 12.0. The Morgan fingerprint density at radius 3 is 2.00 bits per heavy atom. The molecule has 0 N–H and O–H groups in total. The molecule has 7 nitrogen and oxygen atoms in total. The van der Waals surface area contributed by atoms with Crippen molar-refractivity contribution >= 4 is 11.5 Å². The van der Waals surface area contributed by atoms with Crippen molar-refractivity contribution in [2.75, 3.05) is 6.61 Å². The van der Waals surface area contributed by atoms with E-state index in [1.807, 2.05) is 13.0 Å². The Bertz CT molecular complexity index is 2110. The largest absolute Gasteiger partial charge is 0.462 e. The topological polar surface area (TPSA) is 76.8 Å². The van der Waals surface area contributed by atoms with Crippen molar-refractivity contribution in [3.8, 4) is 11.3 Å². The van der Waals surface area contributed by atoms with Crippen LogP contribution in [0.2, 0.25) is 0 Å². The van der Waals surface area contributed by atoms with Gasteiger partial charge in [0.2, 0.25) is 0 Å². The van der Waals surface area contributed by atoms with Gasteiger partial charge < -0.3 is 4.74 Å². The first-order valence-corrected chi connectivity index (χ1v) is 16.6. The Morgan fingerprint density at radius 1 is 0.833 bits per heavy atom. The lowest BCUT2D eigenvalue weighted by atomic mass is 9.75. The zero-order valence-electron chi connectivity index (χ0n) is 27.1. The van der Waals surface area contributed by atoms with Gasteiger partial charge in [0, 0.05) is 24.8 Å². The van der Waals surface area contributed by atoms with Gasteiger partial charge in [-0.25, -0.2) is 4.79 Å². The van der Waals surface area contributed by atoms with Crippen LogP contribution in [0, 0.1) is 6.92 Å². The summed E-state index contributed by atoms with van der Waals surface area (Å²) in [4.78, 5) is 28.7. The van der Waals surface area contributed by atoms with Crippen molar-refractivity contribution in [3.05, 3.63) is 170 Å². The van der Waals surface area contributed by atoms with E-state index in [-0.39, 0.29) is 17.7 Å². The molecule has 1 aliphatic heterocycles. The Kier molecular flexibility index (Phi) is 7.49. The minimum absolute atomic E-state index is 0.0829. The van der Waals surface area contributed by atoms with Gasteiger partial charge in [0.25, 0.3) is 5.56 Å². The second-order valence-electron chi connectivity index (χ2n) is 12.8. The lowest BCUT2D eigenvalue weighted by Gasteiger charge is -2.43. The fraction of sp³-hybridized carbons (Fsp3) is 0.220. The standard InChI is InChI=1S/C41H36N4O3/c1-3-48-40(47)35-24-34(28-19-20-28)38-27(2)33(21-22-45(38)39(35)46)36-23-29-25-44(26-37(29)43-42-36)41(30-13-7-4-8-14-30,31-15-9-5-10-16-31)32-17-11-6-12-18-32/h4-18,21-24,28H,3,19-20,25-26H2,1-2H3. The summed E-state index contributed by atoms with van der Waals surface area (Å²) >= 11 is 0. The minimum Gasteiger partial charge on any atom is -0.462 e. The van der Waals surface area contributed by atoms with Crippen LogP contribution in [-0.4, -0.2) is 32.1 Å². The van der Waals surface area contributed by atoms with Crippen LogP contribution >= 0.6 is 0 Å². The monoisotopic (exact) mass is 632 g/mol. The fourth-order valence-corrected chi connectivity index (χ4v) is 7.56. The van der Waals surface area contributed by atoms with E-state index in [9.17, 15) is 9.59 Å². The molecule has 238 valence electrons. The van der Waals surface area contributed by atoms with Crippen LogP contribution < -0.4 is 5.56 Å². The maximum atomic E-state index is 13.5. The summed E-state index contributed by atoms with van der Waals surface area (Å²) in [7, 11) is 0. The van der Waals surface area contributed by atoms with Gasteiger partial charge in [0.15, 0.2) is 0 Å². The van der Waals surface area contributed by atoms with Crippen molar-refractivity contribution in [1.29, 1.82) is 0 Å². The summed E-state index contributed by atoms with van der Waals surface area (Å²) in [5.41, 5.74) is 9.31. The molecule has 3 aromatic heterocycles. The maximum absolute atomic E-state index is 13.5. The number of aryl methyl sites for hydroxylation is 1. The number of carbonyl (C=O) groups excluding carboxylic acids is 1. The number of aromatic nitrogens is 3. The molecule has 0 amide bonds. The molecule has 0 saturated heterocycles. The normalized spacial score (nSPS) is 14.6. The SMILES string of the molecule is CCOC(=O)c1cc(C2CC2)c2c(C)c(-c3cc4c(nn3)CN(C(c3ccccc3)(c3ccccc3)c3ccccc3)C4)ccn2c1=O. The van der Waals surface area contributed by atoms with Gasteiger partial charge in [0.05, 0.1) is 29.1 Å². The maximum Gasteiger partial charge on any atom is 0.343 e. The number of hydrogen-bond donors (Lipinski definition) is 0. The first-order valence-electron chi connectivity index (χ1n) is 16.6. The quantitative estimate of drug-likeness (QED) is 0.128. The van der Waals surface area contributed by atoms with Crippen LogP contribution in [0.15, 0.2) is 120 Å². The summed E-state index contributed by atoms with van der Waals surface area (Å²) in [6.07, 6.45) is 3.82. The lowest BCUT2D eigenvalue weighted by molar-refractivity contribution is 0.0524. The van der Waals surface area contributed by atoms with Gasteiger partial charge in [-0.05, 0) is 84.2 Å². The summed E-state index contributed by atoms with van der Waals surface area (Å²) in [6, 6.07) is 38.0. The molecule has 0 radical (unpaired) electrons. The zero-order chi connectivity index (χ0) is 32.8. The van der Waals surface area contributed by atoms with Crippen LogP contribution in [0.5, 0.6) is 0 Å². The van der Waals surface area contributed by atoms with Crippen molar-refractivity contribution in [1.82, 2.24) is 19.5 Å². The summed E-state index contributed by atoms with van der Waals surface area (Å²) in [6.45, 7) is 5.31. The highest BCUT2D eigenvalue weighted by atomic mass is 16.5. The van der Waals surface area contributed by atoms with Crippen molar-refractivity contribution in [2.45, 2.75) is 51.2 Å². The molecular weight excluding hydrogens is 596 g/mol. The number of pyridine rings is 2. The van der Waals surface area contributed by atoms with Crippen LogP contribution in [0.1, 0.15) is 75.1 Å². The Labute approximate surface area is 279 Å². The number of ether oxygens (including phenoxy) is 1. The molecule has 0 spiro atoms. The van der Waals surface area contributed by atoms with Crippen LogP contribution in [-0.2, 0) is 23.4 Å². The van der Waals surface area contributed by atoms with Gasteiger partial charge in [-0.3, -0.25) is 14.1 Å². The predicted molar refractivity (Wildman–Crippen MR) is 186 cm³/mol. The van der Waals surface area contributed by atoms with E-state index in [0.717, 1.165) is 52.0 Å². The van der Waals surface area contributed by atoms with Crippen molar-refractivity contribution in [3.63, 3.8) is 0 Å². The molecule has 4 heterocycles. The van der Waals surface area contributed by atoms with Crippen LogP contribution in [0.3, 0.4) is 0 Å². The molecule has 7 heteroatoms. The number of benzene rings is 3. The highest BCUT2D eigenvalue weighted by Gasteiger charge is 2.45. The Hall–Kier alpha value is -5.40. The third-order valence-electron chi connectivity index (χ3n) is 9.91. The number of rotatable bonds is 8. The smallest absolute Gasteiger partial charge is 0.343 e. The Balaban J connectivity index is 1.24. The van der Waals surface area contributed by atoms with Crippen LogP contribution in [0.25, 0.3) is 16.8 Å². The van der Waals surface area contributed by atoms with Gasteiger partial charge in [-0.2, -0.15) is 10.2 Å². The lowest BCUT2D eigenvalue weighted by Crippen LogP contribution is -2.45. The average molecular weight is 633 g/mol. The van der Waals surface area contributed by atoms with E-state index in [0.29, 0.717) is 19.0 Å². The fourth-order valence-electron chi connectivity index (χ4n) is 7.56. The third kappa shape index (κ3) is 4.85. The van der Waals surface area contributed by atoms with Gasteiger partial charge >= 0.3 is 5.97 Å². The van der Waals surface area contributed by atoms with Crippen LogP contribution in [0.4, 0.5) is 0 Å². The van der Waals surface area contributed by atoms with Crippen molar-refractivity contribution < 1.29 is 9.53 Å². The second-order valence-corrected chi connectivity index (χ2v) is 12.8. The average Bonchev–Trinajstić information content (AvgIpc) is 3.89. The minimum atomic E-state index is -0.577. The summed E-state index contributed by atoms with van der Waals surface area (Å²) in [5.74, 6) is -0.267. The highest BCUT2D eigenvalue weighted by Crippen LogP contribution is 2.47. The molecule has 0 bridgehead atoms. The van der Waals surface area contributed by atoms with E-state index < -0.39 is 11.5 Å². The highest BCUT2D eigenvalue weighted by molar-refractivity contribution is 5.90. The Morgan fingerprint density at radius 2 is 1.44 bits per heavy atom. The number of nitrogens with zero attached hydrogens (tertiary/aromatic N) is 4. The molecule has 0 unspecified atom stereocenters. The first-order chi connectivity index (χ1) is 23.5. The molecule has 1 aliphatic carbocycles. The van der Waals surface area contributed by atoms with E-state index in [1.54, 1.807) is 23.6 Å².